The Labute approximate surface area is 150 Å². The Balaban J connectivity index is 1.61. The van der Waals surface area contributed by atoms with Crippen molar-refractivity contribution < 1.29 is 18.8 Å². The van der Waals surface area contributed by atoms with Gasteiger partial charge in [-0.2, -0.15) is 4.98 Å². The van der Waals surface area contributed by atoms with Crippen LogP contribution in [0.2, 0.25) is 0 Å². The molecule has 2 aromatic rings. The van der Waals surface area contributed by atoms with E-state index in [0.29, 0.717) is 43.6 Å². The molecule has 26 heavy (non-hydrogen) atoms. The molecule has 0 unspecified atom stereocenters. The van der Waals surface area contributed by atoms with E-state index in [1.807, 2.05) is 6.07 Å². The Bertz CT molecular complexity index is 849. The number of aromatic nitrogens is 2. The van der Waals surface area contributed by atoms with Crippen LogP contribution in [0.15, 0.2) is 28.8 Å². The van der Waals surface area contributed by atoms with Crippen molar-refractivity contribution in [2.75, 3.05) is 33.4 Å². The second kappa shape index (κ2) is 6.53. The summed E-state index contributed by atoms with van der Waals surface area (Å²) >= 11 is 0. The zero-order valence-corrected chi connectivity index (χ0v) is 14.7. The quantitative estimate of drug-likeness (QED) is 0.797. The van der Waals surface area contributed by atoms with E-state index in [2.05, 4.69) is 10.1 Å². The van der Waals surface area contributed by atoms with Gasteiger partial charge in [0, 0.05) is 38.2 Å². The van der Waals surface area contributed by atoms with Crippen LogP contribution in [0.1, 0.15) is 16.2 Å². The monoisotopic (exact) mass is 356 g/mol. The average molecular weight is 356 g/mol. The Hall–Kier alpha value is -2.74. The highest BCUT2D eigenvalue weighted by Crippen LogP contribution is 2.23. The van der Waals surface area contributed by atoms with E-state index < -0.39 is 0 Å². The van der Waals surface area contributed by atoms with E-state index in [4.69, 9.17) is 9.26 Å². The van der Waals surface area contributed by atoms with E-state index in [-0.39, 0.29) is 23.8 Å². The summed E-state index contributed by atoms with van der Waals surface area (Å²) in [5.74, 6) is 0.539. The number of benzene rings is 1. The number of fused-ring (bicyclic) bond motifs is 3. The van der Waals surface area contributed by atoms with Gasteiger partial charge in [-0.3, -0.25) is 9.59 Å². The standard InChI is InChI=1S/C18H20N4O4/c1-11-19-16(20-26-11)12-4-3-5-13(6-12)18(24)22-7-14-9-25-10-15(8-22)21(2)17(14)23/h3-6,14-15H,7-10H2,1-2H3/t14-,15+/m1/s1. The normalized spacial score (nSPS) is 23.1. The first-order chi connectivity index (χ1) is 12.5. The summed E-state index contributed by atoms with van der Waals surface area (Å²) in [5.41, 5.74) is 1.26. The highest BCUT2D eigenvalue weighted by atomic mass is 16.5. The zero-order valence-electron chi connectivity index (χ0n) is 14.7. The molecular weight excluding hydrogens is 336 g/mol. The molecule has 8 heteroatoms. The molecule has 1 aromatic carbocycles. The fraction of sp³-hybridized carbons (Fsp3) is 0.444. The molecule has 0 aliphatic carbocycles. The number of hydrogen-bond acceptors (Lipinski definition) is 6. The first-order valence-corrected chi connectivity index (χ1v) is 8.57. The molecular formula is C18H20N4O4. The lowest BCUT2D eigenvalue weighted by atomic mass is 10.1. The second-order valence-electron chi connectivity index (χ2n) is 6.77. The van der Waals surface area contributed by atoms with E-state index in [1.54, 1.807) is 42.0 Å². The molecule has 2 amide bonds. The number of ether oxygens (including phenoxy) is 1. The molecule has 0 N–H and O–H groups in total. The van der Waals surface area contributed by atoms with Gasteiger partial charge < -0.3 is 19.1 Å². The van der Waals surface area contributed by atoms with Gasteiger partial charge in [-0.15, -0.1) is 0 Å². The minimum Gasteiger partial charge on any atom is -0.378 e. The van der Waals surface area contributed by atoms with Crippen molar-refractivity contribution in [3.63, 3.8) is 0 Å². The summed E-state index contributed by atoms with van der Waals surface area (Å²) in [6.45, 7) is 3.35. The number of likely N-dealkylation sites (N-methyl/N-ethyl adjacent to an activating group) is 1. The molecule has 0 radical (unpaired) electrons. The summed E-state index contributed by atoms with van der Waals surface area (Å²) in [7, 11) is 1.78. The molecule has 2 fully saturated rings. The summed E-state index contributed by atoms with van der Waals surface area (Å²) in [4.78, 5) is 33.2. The molecule has 2 bridgehead atoms. The maximum atomic E-state index is 13.1. The van der Waals surface area contributed by atoms with Gasteiger partial charge in [0.05, 0.1) is 25.2 Å². The van der Waals surface area contributed by atoms with Crippen molar-refractivity contribution >= 4 is 11.8 Å². The van der Waals surface area contributed by atoms with Crippen molar-refractivity contribution in [1.29, 1.82) is 0 Å². The number of carbonyl (C=O) groups is 2. The Kier molecular flexibility index (Phi) is 4.20. The molecule has 4 rings (SSSR count). The molecule has 2 atom stereocenters. The van der Waals surface area contributed by atoms with E-state index in [9.17, 15) is 9.59 Å². The largest absolute Gasteiger partial charge is 0.378 e. The van der Waals surface area contributed by atoms with Crippen LogP contribution < -0.4 is 0 Å². The molecule has 3 heterocycles. The van der Waals surface area contributed by atoms with Gasteiger partial charge in [-0.05, 0) is 12.1 Å². The predicted octanol–water partition coefficient (Wildman–Crippen LogP) is 0.974. The molecule has 136 valence electrons. The van der Waals surface area contributed by atoms with E-state index >= 15 is 0 Å². The maximum Gasteiger partial charge on any atom is 0.253 e. The second-order valence-corrected chi connectivity index (χ2v) is 6.77. The first kappa shape index (κ1) is 16.7. The lowest BCUT2D eigenvalue weighted by Gasteiger charge is -2.29. The molecule has 2 aliphatic heterocycles. The topological polar surface area (TPSA) is 88.8 Å². The van der Waals surface area contributed by atoms with Gasteiger partial charge in [0.25, 0.3) is 5.91 Å². The SMILES string of the molecule is Cc1nc(-c2cccc(C(=O)N3C[C@@H]4COC[C@H](C3)N(C)C4=O)c2)no1. The van der Waals surface area contributed by atoms with Crippen LogP contribution in [0.5, 0.6) is 0 Å². The third kappa shape index (κ3) is 2.96. The number of amides is 2. The number of nitrogens with zero attached hydrogens (tertiary/aromatic N) is 4. The third-order valence-corrected chi connectivity index (χ3v) is 4.93. The third-order valence-electron chi connectivity index (χ3n) is 4.93. The van der Waals surface area contributed by atoms with Crippen LogP contribution in [0.3, 0.4) is 0 Å². The lowest BCUT2D eigenvalue weighted by Crippen LogP contribution is -2.45. The molecule has 1 aromatic heterocycles. The van der Waals surface area contributed by atoms with Gasteiger partial charge in [-0.1, -0.05) is 17.3 Å². The molecule has 2 aliphatic rings. The highest BCUT2D eigenvalue weighted by molar-refractivity contribution is 5.96. The Morgan fingerprint density at radius 3 is 2.88 bits per heavy atom. The van der Waals surface area contributed by atoms with Gasteiger partial charge in [-0.25, -0.2) is 0 Å². The van der Waals surface area contributed by atoms with Gasteiger partial charge in [0.2, 0.25) is 17.6 Å². The van der Waals surface area contributed by atoms with Gasteiger partial charge in [0.1, 0.15) is 0 Å². The molecule has 2 saturated heterocycles. The fourth-order valence-corrected chi connectivity index (χ4v) is 3.45. The number of rotatable bonds is 2. The van der Waals surface area contributed by atoms with Gasteiger partial charge in [0.15, 0.2) is 0 Å². The maximum absolute atomic E-state index is 13.1. The predicted molar refractivity (Wildman–Crippen MR) is 91.2 cm³/mol. The first-order valence-electron chi connectivity index (χ1n) is 8.57. The van der Waals surface area contributed by atoms with Crippen molar-refractivity contribution in [1.82, 2.24) is 19.9 Å². The van der Waals surface area contributed by atoms with Crippen molar-refractivity contribution in [2.45, 2.75) is 13.0 Å². The molecule has 0 saturated carbocycles. The van der Waals surface area contributed by atoms with Crippen molar-refractivity contribution in [3.8, 4) is 11.4 Å². The number of hydrogen-bond donors (Lipinski definition) is 0. The zero-order chi connectivity index (χ0) is 18.3. The molecule has 0 spiro atoms. The Morgan fingerprint density at radius 2 is 2.12 bits per heavy atom. The number of aryl methyl sites for hydroxylation is 1. The summed E-state index contributed by atoms with van der Waals surface area (Å²) in [6.07, 6.45) is 0. The van der Waals surface area contributed by atoms with Crippen molar-refractivity contribution in [2.24, 2.45) is 5.92 Å². The van der Waals surface area contributed by atoms with Crippen LogP contribution >= 0.6 is 0 Å². The minimum absolute atomic E-state index is 0.0406. The smallest absolute Gasteiger partial charge is 0.253 e. The molecule has 8 nitrogen and oxygen atoms in total. The van der Waals surface area contributed by atoms with E-state index in [1.165, 1.54) is 0 Å². The summed E-state index contributed by atoms with van der Waals surface area (Å²) in [6, 6.07) is 7.04. The van der Waals surface area contributed by atoms with Crippen LogP contribution in [-0.4, -0.2) is 71.1 Å². The Morgan fingerprint density at radius 1 is 1.27 bits per heavy atom. The minimum atomic E-state index is -0.320. The lowest BCUT2D eigenvalue weighted by molar-refractivity contribution is -0.133. The average Bonchev–Trinajstić information content (AvgIpc) is 2.97. The van der Waals surface area contributed by atoms with Crippen LogP contribution in [0.4, 0.5) is 0 Å². The van der Waals surface area contributed by atoms with Crippen LogP contribution in [-0.2, 0) is 9.53 Å². The summed E-state index contributed by atoms with van der Waals surface area (Å²) < 4.78 is 10.6. The van der Waals surface area contributed by atoms with E-state index in [0.717, 1.165) is 5.56 Å². The highest BCUT2D eigenvalue weighted by Gasteiger charge is 2.38. The van der Waals surface area contributed by atoms with Crippen molar-refractivity contribution in [3.05, 3.63) is 35.7 Å². The van der Waals surface area contributed by atoms with Gasteiger partial charge >= 0.3 is 0 Å². The number of carbonyl (C=O) groups excluding carboxylic acids is 2. The summed E-state index contributed by atoms with van der Waals surface area (Å²) in [5, 5.41) is 3.90. The van der Waals surface area contributed by atoms with Crippen LogP contribution in [0, 0.1) is 12.8 Å². The van der Waals surface area contributed by atoms with Crippen LogP contribution in [0.25, 0.3) is 11.4 Å². The fourth-order valence-electron chi connectivity index (χ4n) is 3.45.